The molecule has 3 aromatic rings. The molecule has 0 aliphatic rings. The monoisotopic (exact) mass is 377 g/mol. The molecule has 0 radical (unpaired) electrons. The minimum absolute atomic E-state index is 0.0441. The number of amides is 1. The van der Waals surface area contributed by atoms with Crippen LogP contribution in [0.3, 0.4) is 0 Å². The van der Waals surface area contributed by atoms with E-state index in [1.54, 1.807) is 25.2 Å². The van der Waals surface area contributed by atoms with Crippen molar-refractivity contribution in [2.75, 3.05) is 11.1 Å². The molecular formula is C16H13Cl2N5O2. The standard InChI is InChI=1S/C16H13Cl2N5O2/c1-23-12(4-5-20-23)16(25)22-13-3-2-9(15(19)21-13)10-6-8(24)7-11(17)14(10)18/h2-7,24H,1H3,(H3,19,21,22,25). The molecule has 0 fully saturated rings. The second-order valence-corrected chi connectivity index (χ2v) is 6.00. The fraction of sp³-hybridized carbons (Fsp3) is 0.0625. The first-order valence-electron chi connectivity index (χ1n) is 7.11. The lowest BCUT2D eigenvalue weighted by Gasteiger charge is -2.11. The Hall–Kier alpha value is -2.77. The summed E-state index contributed by atoms with van der Waals surface area (Å²) in [7, 11) is 1.66. The molecule has 7 nitrogen and oxygen atoms in total. The summed E-state index contributed by atoms with van der Waals surface area (Å²) in [6.07, 6.45) is 1.52. The van der Waals surface area contributed by atoms with Crippen molar-refractivity contribution < 1.29 is 9.90 Å². The van der Waals surface area contributed by atoms with E-state index in [0.717, 1.165) is 0 Å². The van der Waals surface area contributed by atoms with Crippen LogP contribution in [-0.2, 0) is 7.05 Å². The number of nitrogens with one attached hydrogen (secondary N) is 1. The number of hydrogen-bond donors (Lipinski definition) is 3. The fourth-order valence-corrected chi connectivity index (χ4v) is 2.74. The quantitative estimate of drug-likeness (QED) is 0.648. The molecular weight excluding hydrogens is 365 g/mol. The van der Waals surface area contributed by atoms with Gasteiger partial charge < -0.3 is 16.2 Å². The molecule has 128 valence electrons. The lowest BCUT2D eigenvalue weighted by Crippen LogP contribution is -2.17. The van der Waals surface area contributed by atoms with E-state index in [-0.39, 0.29) is 33.3 Å². The molecule has 0 unspecified atom stereocenters. The molecule has 4 N–H and O–H groups in total. The van der Waals surface area contributed by atoms with Gasteiger partial charge >= 0.3 is 0 Å². The molecule has 2 heterocycles. The number of phenolic OH excluding ortho intramolecular Hbond substituents is 1. The highest BCUT2D eigenvalue weighted by Crippen LogP contribution is 2.39. The van der Waals surface area contributed by atoms with Crippen LogP contribution in [0.4, 0.5) is 11.6 Å². The second kappa shape index (κ2) is 6.62. The fourth-order valence-electron chi connectivity index (χ4n) is 2.32. The third kappa shape index (κ3) is 3.38. The van der Waals surface area contributed by atoms with Gasteiger partial charge in [0.2, 0.25) is 0 Å². The summed E-state index contributed by atoms with van der Waals surface area (Å²) >= 11 is 12.1. The summed E-state index contributed by atoms with van der Waals surface area (Å²) in [5.74, 6) is -0.00309. The summed E-state index contributed by atoms with van der Waals surface area (Å²) < 4.78 is 1.45. The number of pyridine rings is 1. The van der Waals surface area contributed by atoms with Crippen LogP contribution >= 0.6 is 23.2 Å². The zero-order valence-electron chi connectivity index (χ0n) is 13.0. The van der Waals surface area contributed by atoms with Crippen molar-refractivity contribution in [1.29, 1.82) is 0 Å². The largest absolute Gasteiger partial charge is 0.508 e. The number of nitrogen functional groups attached to an aromatic ring is 1. The predicted molar refractivity (Wildman–Crippen MR) is 96.9 cm³/mol. The molecule has 9 heteroatoms. The van der Waals surface area contributed by atoms with Crippen LogP contribution in [0.1, 0.15) is 10.5 Å². The van der Waals surface area contributed by atoms with Crippen LogP contribution in [0.5, 0.6) is 5.75 Å². The molecule has 1 amide bonds. The Balaban J connectivity index is 1.92. The minimum Gasteiger partial charge on any atom is -0.508 e. The van der Waals surface area contributed by atoms with Crippen molar-refractivity contribution in [2.45, 2.75) is 0 Å². The Kier molecular flexibility index (Phi) is 4.52. The summed E-state index contributed by atoms with van der Waals surface area (Å²) in [6.45, 7) is 0. The van der Waals surface area contributed by atoms with Gasteiger partial charge in [0.1, 0.15) is 23.1 Å². The van der Waals surface area contributed by atoms with E-state index in [2.05, 4.69) is 15.4 Å². The zero-order chi connectivity index (χ0) is 18.1. The van der Waals surface area contributed by atoms with Crippen molar-refractivity contribution in [1.82, 2.24) is 14.8 Å². The van der Waals surface area contributed by atoms with Gasteiger partial charge in [0, 0.05) is 30.4 Å². The van der Waals surface area contributed by atoms with E-state index >= 15 is 0 Å². The van der Waals surface area contributed by atoms with E-state index in [4.69, 9.17) is 28.9 Å². The number of phenols is 1. The number of carbonyl (C=O) groups excluding carboxylic acids is 1. The smallest absolute Gasteiger partial charge is 0.275 e. The number of aromatic nitrogens is 3. The molecule has 1 aromatic carbocycles. The van der Waals surface area contributed by atoms with Crippen molar-refractivity contribution in [2.24, 2.45) is 7.05 Å². The van der Waals surface area contributed by atoms with Crippen LogP contribution in [0.15, 0.2) is 36.5 Å². The Morgan fingerprint density at radius 3 is 2.64 bits per heavy atom. The molecule has 0 aliphatic heterocycles. The number of halogens is 2. The maximum absolute atomic E-state index is 12.2. The molecule has 0 saturated heterocycles. The molecule has 25 heavy (non-hydrogen) atoms. The van der Waals surface area contributed by atoms with Gasteiger partial charge in [-0.05, 0) is 24.3 Å². The van der Waals surface area contributed by atoms with Gasteiger partial charge in [0.25, 0.3) is 5.91 Å². The summed E-state index contributed by atoms with van der Waals surface area (Å²) in [5, 5.41) is 16.7. The average Bonchev–Trinajstić information content (AvgIpc) is 2.97. The van der Waals surface area contributed by atoms with Gasteiger partial charge in [-0.25, -0.2) is 4.98 Å². The maximum atomic E-state index is 12.2. The second-order valence-electron chi connectivity index (χ2n) is 5.21. The number of aryl methyl sites for hydroxylation is 1. The number of hydrogen-bond acceptors (Lipinski definition) is 5. The summed E-state index contributed by atoms with van der Waals surface area (Å²) in [6, 6.07) is 7.57. The molecule has 0 aliphatic carbocycles. The minimum atomic E-state index is -0.363. The van der Waals surface area contributed by atoms with E-state index in [9.17, 15) is 9.90 Å². The maximum Gasteiger partial charge on any atom is 0.275 e. The number of anilines is 2. The average molecular weight is 378 g/mol. The zero-order valence-corrected chi connectivity index (χ0v) is 14.5. The van der Waals surface area contributed by atoms with Gasteiger partial charge in [0.15, 0.2) is 0 Å². The normalized spacial score (nSPS) is 10.7. The molecule has 0 saturated carbocycles. The Morgan fingerprint density at radius 2 is 2.00 bits per heavy atom. The number of rotatable bonds is 3. The van der Waals surface area contributed by atoms with Gasteiger partial charge in [-0.2, -0.15) is 5.10 Å². The highest BCUT2D eigenvalue weighted by Gasteiger charge is 2.15. The predicted octanol–water partition coefficient (Wildman–Crippen LogP) is 3.33. The van der Waals surface area contributed by atoms with Crippen molar-refractivity contribution in [3.63, 3.8) is 0 Å². The van der Waals surface area contributed by atoms with Crippen LogP contribution in [-0.4, -0.2) is 25.8 Å². The molecule has 0 atom stereocenters. The van der Waals surface area contributed by atoms with Crippen LogP contribution in [0, 0.1) is 0 Å². The van der Waals surface area contributed by atoms with Crippen LogP contribution in [0.25, 0.3) is 11.1 Å². The summed E-state index contributed by atoms with van der Waals surface area (Å²) in [5.41, 5.74) is 7.30. The number of aromatic hydroxyl groups is 1. The first-order chi connectivity index (χ1) is 11.9. The van der Waals surface area contributed by atoms with Crippen LogP contribution < -0.4 is 11.1 Å². The number of nitrogens with two attached hydrogens (primary N) is 1. The molecule has 0 spiro atoms. The van der Waals surface area contributed by atoms with Crippen molar-refractivity contribution in [3.05, 3.63) is 52.3 Å². The number of benzene rings is 1. The SMILES string of the molecule is Cn1nccc1C(=O)Nc1ccc(-c2cc(O)cc(Cl)c2Cl)c(N)n1. The third-order valence-corrected chi connectivity index (χ3v) is 4.33. The number of nitrogens with zero attached hydrogens (tertiary/aromatic N) is 3. The summed E-state index contributed by atoms with van der Waals surface area (Å²) in [4.78, 5) is 16.3. The van der Waals surface area contributed by atoms with Gasteiger partial charge in [-0.3, -0.25) is 9.48 Å². The van der Waals surface area contributed by atoms with E-state index < -0.39 is 0 Å². The Morgan fingerprint density at radius 1 is 1.24 bits per heavy atom. The first kappa shape index (κ1) is 17.1. The highest BCUT2D eigenvalue weighted by molar-refractivity contribution is 6.44. The van der Waals surface area contributed by atoms with Gasteiger partial charge in [-0.15, -0.1) is 0 Å². The van der Waals surface area contributed by atoms with E-state index in [1.807, 2.05) is 0 Å². The Bertz CT molecular complexity index is 971. The van der Waals surface area contributed by atoms with Gasteiger partial charge in [-0.1, -0.05) is 23.2 Å². The number of carbonyl (C=O) groups is 1. The molecule has 3 rings (SSSR count). The lowest BCUT2D eigenvalue weighted by atomic mass is 10.1. The van der Waals surface area contributed by atoms with Crippen LogP contribution in [0.2, 0.25) is 10.0 Å². The third-order valence-electron chi connectivity index (χ3n) is 3.52. The Labute approximate surface area is 153 Å². The molecule has 2 aromatic heterocycles. The van der Waals surface area contributed by atoms with E-state index in [1.165, 1.54) is 23.0 Å². The topological polar surface area (TPSA) is 106 Å². The highest BCUT2D eigenvalue weighted by atomic mass is 35.5. The van der Waals surface area contributed by atoms with Gasteiger partial charge in [0.05, 0.1) is 10.0 Å². The van der Waals surface area contributed by atoms with Crippen molar-refractivity contribution >= 4 is 40.7 Å². The van der Waals surface area contributed by atoms with E-state index in [0.29, 0.717) is 16.8 Å². The lowest BCUT2D eigenvalue weighted by molar-refractivity contribution is 0.101. The first-order valence-corrected chi connectivity index (χ1v) is 7.86. The molecule has 0 bridgehead atoms. The van der Waals surface area contributed by atoms with Crippen molar-refractivity contribution in [3.8, 4) is 16.9 Å².